The fourth-order valence-electron chi connectivity index (χ4n) is 3.73. The van der Waals surface area contributed by atoms with Crippen molar-refractivity contribution in [3.05, 3.63) is 23.8 Å². The van der Waals surface area contributed by atoms with Crippen LogP contribution in [0.15, 0.2) is 23.8 Å². The largest absolute Gasteiger partial charge is 0.0845 e. The van der Waals surface area contributed by atoms with Crippen molar-refractivity contribution in [3.8, 4) is 0 Å². The summed E-state index contributed by atoms with van der Waals surface area (Å²) >= 11 is 0. The van der Waals surface area contributed by atoms with E-state index in [-0.39, 0.29) is 0 Å². The van der Waals surface area contributed by atoms with Gasteiger partial charge < -0.3 is 0 Å². The standard InChI is InChI=1S/C17H28/c1-3-4-10-15-13-14(2)16-11-8-6-5-7-9-12-17(15)16/h7,9,12,14-16H,3-6,8,10-11,13H2,1-2H3/b9-7-,17-12-. The molecular weight excluding hydrogens is 204 g/mol. The monoisotopic (exact) mass is 232 g/mol. The zero-order valence-electron chi connectivity index (χ0n) is 11.6. The molecule has 2 aliphatic rings. The van der Waals surface area contributed by atoms with E-state index in [1.165, 1.54) is 51.4 Å². The number of fused-ring (bicyclic) bond motifs is 1. The molecule has 1 fully saturated rings. The molecule has 0 nitrogen and oxygen atoms in total. The van der Waals surface area contributed by atoms with Gasteiger partial charge in [-0.15, -0.1) is 0 Å². The number of hydrogen-bond acceptors (Lipinski definition) is 0. The number of allylic oxidation sites excluding steroid dienone is 4. The summed E-state index contributed by atoms with van der Waals surface area (Å²) in [6.45, 7) is 4.79. The number of unbranched alkanes of at least 4 members (excludes halogenated alkanes) is 1. The molecule has 2 aliphatic carbocycles. The van der Waals surface area contributed by atoms with E-state index in [9.17, 15) is 0 Å². The van der Waals surface area contributed by atoms with Crippen molar-refractivity contribution in [2.75, 3.05) is 0 Å². The molecule has 0 aromatic heterocycles. The van der Waals surface area contributed by atoms with Gasteiger partial charge in [-0.3, -0.25) is 0 Å². The second-order valence-corrected chi connectivity index (χ2v) is 6.04. The van der Waals surface area contributed by atoms with Crippen LogP contribution in [0.3, 0.4) is 0 Å². The van der Waals surface area contributed by atoms with Crippen molar-refractivity contribution >= 4 is 0 Å². The van der Waals surface area contributed by atoms with Crippen LogP contribution in [0.25, 0.3) is 0 Å². The van der Waals surface area contributed by atoms with E-state index in [4.69, 9.17) is 0 Å². The lowest BCUT2D eigenvalue weighted by atomic mass is 9.87. The Morgan fingerprint density at radius 3 is 3.00 bits per heavy atom. The van der Waals surface area contributed by atoms with Gasteiger partial charge in [0, 0.05) is 0 Å². The molecule has 0 aromatic rings. The summed E-state index contributed by atoms with van der Waals surface area (Å²) in [5.41, 5.74) is 1.80. The Kier molecular flexibility index (Phi) is 4.88. The van der Waals surface area contributed by atoms with Crippen LogP contribution in [-0.4, -0.2) is 0 Å². The highest BCUT2D eigenvalue weighted by Crippen LogP contribution is 2.46. The molecule has 0 saturated heterocycles. The topological polar surface area (TPSA) is 0 Å². The van der Waals surface area contributed by atoms with Gasteiger partial charge in [-0.2, -0.15) is 0 Å². The molecule has 0 aromatic carbocycles. The predicted octanol–water partition coefficient (Wildman–Crippen LogP) is 5.51. The summed E-state index contributed by atoms with van der Waals surface area (Å²) in [5, 5.41) is 0. The molecule has 96 valence electrons. The molecule has 17 heavy (non-hydrogen) atoms. The van der Waals surface area contributed by atoms with Crippen LogP contribution < -0.4 is 0 Å². The predicted molar refractivity (Wildman–Crippen MR) is 76.0 cm³/mol. The molecule has 0 radical (unpaired) electrons. The summed E-state index contributed by atoms with van der Waals surface area (Å²) in [6, 6.07) is 0. The van der Waals surface area contributed by atoms with E-state index in [1.807, 2.05) is 0 Å². The molecule has 0 bridgehead atoms. The van der Waals surface area contributed by atoms with Crippen LogP contribution in [0.4, 0.5) is 0 Å². The molecule has 1 saturated carbocycles. The van der Waals surface area contributed by atoms with Crippen LogP contribution in [0.5, 0.6) is 0 Å². The highest BCUT2D eigenvalue weighted by molar-refractivity contribution is 5.23. The SMILES string of the molecule is CCCCC1CC(C)C2CCCC/C=C\C=C\12. The first-order chi connectivity index (χ1) is 8.33. The van der Waals surface area contributed by atoms with Crippen LogP contribution >= 0.6 is 0 Å². The van der Waals surface area contributed by atoms with Gasteiger partial charge in [0.1, 0.15) is 0 Å². The maximum atomic E-state index is 2.48. The Morgan fingerprint density at radius 1 is 1.29 bits per heavy atom. The lowest BCUT2D eigenvalue weighted by Crippen LogP contribution is -2.06. The van der Waals surface area contributed by atoms with Crippen LogP contribution in [0.2, 0.25) is 0 Å². The Morgan fingerprint density at radius 2 is 2.18 bits per heavy atom. The van der Waals surface area contributed by atoms with Gasteiger partial charge >= 0.3 is 0 Å². The molecule has 2 rings (SSSR count). The summed E-state index contributed by atoms with van der Waals surface area (Å²) in [5.74, 6) is 2.73. The van der Waals surface area contributed by atoms with E-state index >= 15 is 0 Å². The van der Waals surface area contributed by atoms with Gasteiger partial charge in [0.2, 0.25) is 0 Å². The molecule has 0 heteroatoms. The minimum absolute atomic E-state index is 0.901. The number of rotatable bonds is 3. The second-order valence-electron chi connectivity index (χ2n) is 6.04. The van der Waals surface area contributed by atoms with Gasteiger partial charge in [-0.25, -0.2) is 0 Å². The second kappa shape index (κ2) is 6.42. The Hall–Kier alpha value is -0.520. The van der Waals surface area contributed by atoms with E-state index in [2.05, 4.69) is 32.1 Å². The fourth-order valence-corrected chi connectivity index (χ4v) is 3.73. The zero-order valence-corrected chi connectivity index (χ0v) is 11.6. The first-order valence-electron chi connectivity index (χ1n) is 7.69. The number of hydrogen-bond donors (Lipinski definition) is 0. The molecular formula is C17H28. The molecule has 0 N–H and O–H groups in total. The van der Waals surface area contributed by atoms with Crippen LogP contribution in [0.1, 0.15) is 65.2 Å². The lowest BCUT2D eigenvalue weighted by molar-refractivity contribution is 0.409. The first kappa shape index (κ1) is 12.9. The van der Waals surface area contributed by atoms with Crippen molar-refractivity contribution in [1.82, 2.24) is 0 Å². The van der Waals surface area contributed by atoms with Crippen LogP contribution in [0, 0.1) is 17.8 Å². The molecule has 0 amide bonds. The van der Waals surface area contributed by atoms with E-state index < -0.39 is 0 Å². The van der Waals surface area contributed by atoms with Gasteiger partial charge in [-0.05, 0) is 49.9 Å². The quantitative estimate of drug-likeness (QED) is 0.602. The Labute approximate surface area is 107 Å². The first-order valence-corrected chi connectivity index (χ1v) is 7.69. The smallest absolute Gasteiger partial charge is 0.0171 e. The third-order valence-corrected chi connectivity index (χ3v) is 4.71. The highest BCUT2D eigenvalue weighted by atomic mass is 14.4. The lowest BCUT2D eigenvalue weighted by Gasteiger charge is -2.18. The van der Waals surface area contributed by atoms with E-state index in [0.717, 1.165) is 17.8 Å². The van der Waals surface area contributed by atoms with Crippen molar-refractivity contribution in [3.63, 3.8) is 0 Å². The minimum Gasteiger partial charge on any atom is -0.0845 e. The minimum atomic E-state index is 0.901. The Balaban J connectivity index is 2.10. The molecule has 0 aliphatic heterocycles. The summed E-state index contributed by atoms with van der Waals surface area (Å²) in [4.78, 5) is 0. The molecule has 3 atom stereocenters. The highest BCUT2D eigenvalue weighted by Gasteiger charge is 2.34. The van der Waals surface area contributed by atoms with Crippen molar-refractivity contribution < 1.29 is 0 Å². The Bertz CT molecular complexity index is 284. The fraction of sp³-hybridized carbons (Fsp3) is 0.765. The van der Waals surface area contributed by atoms with Gasteiger partial charge in [-0.1, -0.05) is 56.9 Å². The van der Waals surface area contributed by atoms with Crippen LogP contribution in [-0.2, 0) is 0 Å². The van der Waals surface area contributed by atoms with Crippen molar-refractivity contribution in [2.24, 2.45) is 17.8 Å². The third kappa shape index (κ3) is 3.24. The van der Waals surface area contributed by atoms with Gasteiger partial charge in [0.25, 0.3) is 0 Å². The van der Waals surface area contributed by atoms with Crippen molar-refractivity contribution in [2.45, 2.75) is 65.2 Å². The van der Waals surface area contributed by atoms with Gasteiger partial charge in [0.05, 0.1) is 0 Å². The average Bonchev–Trinajstić information content (AvgIpc) is 2.67. The zero-order chi connectivity index (χ0) is 12.1. The molecule has 0 spiro atoms. The van der Waals surface area contributed by atoms with E-state index in [1.54, 1.807) is 5.57 Å². The van der Waals surface area contributed by atoms with Crippen molar-refractivity contribution in [1.29, 1.82) is 0 Å². The summed E-state index contributed by atoms with van der Waals surface area (Å²) in [6.07, 6.45) is 18.4. The summed E-state index contributed by atoms with van der Waals surface area (Å²) in [7, 11) is 0. The normalized spacial score (nSPS) is 38.5. The molecule has 0 heterocycles. The maximum Gasteiger partial charge on any atom is -0.0171 e. The summed E-state index contributed by atoms with van der Waals surface area (Å²) < 4.78 is 0. The maximum absolute atomic E-state index is 2.48. The average molecular weight is 232 g/mol. The third-order valence-electron chi connectivity index (χ3n) is 4.71. The van der Waals surface area contributed by atoms with Gasteiger partial charge in [0.15, 0.2) is 0 Å². The molecule has 3 unspecified atom stereocenters. The van der Waals surface area contributed by atoms with E-state index in [0.29, 0.717) is 0 Å².